The van der Waals surface area contributed by atoms with Crippen LogP contribution in [-0.2, 0) is 6.42 Å². The molecule has 0 aromatic heterocycles. The van der Waals surface area contributed by atoms with E-state index in [4.69, 9.17) is 0 Å². The lowest BCUT2D eigenvalue weighted by Crippen LogP contribution is -2.59. The number of hydrogen-bond acceptors (Lipinski definition) is 3. The maximum Gasteiger partial charge on any atom is 0.0236 e. The van der Waals surface area contributed by atoms with Gasteiger partial charge in [-0.15, -0.1) is 0 Å². The summed E-state index contributed by atoms with van der Waals surface area (Å²) in [5.41, 5.74) is 1.46. The van der Waals surface area contributed by atoms with Crippen LogP contribution in [-0.4, -0.2) is 47.6 Å². The molecule has 20 heavy (non-hydrogen) atoms. The Morgan fingerprint density at radius 1 is 1.30 bits per heavy atom. The van der Waals surface area contributed by atoms with Crippen molar-refractivity contribution in [1.29, 1.82) is 0 Å². The van der Waals surface area contributed by atoms with E-state index in [1.165, 1.54) is 36.5 Å². The number of benzene rings is 1. The second-order valence-electron chi connectivity index (χ2n) is 6.07. The van der Waals surface area contributed by atoms with Gasteiger partial charge in [-0.05, 0) is 30.6 Å². The smallest absolute Gasteiger partial charge is 0.0236 e. The predicted molar refractivity (Wildman–Crippen MR) is 88.5 cm³/mol. The van der Waals surface area contributed by atoms with Crippen LogP contribution in [0.4, 0.5) is 0 Å². The second-order valence-corrected chi connectivity index (χ2v) is 7.22. The largest absolute Gasteiger partial charge is 0.311 e. The summed E-state index contributed by atoms with van der Waals surface area (Å²) in [4.78, 5) is 2.81. The Bertz CT molecular complexity index is 401. The van der Waals surface area contributed by atoms with Gasteiger partial charge in [0.2, 0.25) is 0 Å². The van der Waals surface area contributed by atoms with E-state index in [0.717, 1.165) is 25.0 Å². The third-order valence-corrected chi connectivity index (χ3v) is 5.86. The zero-order valence-electron chi connectivity index (χ0n) is 12.4. The molecular formula is C17H26N2S. The van der Waals surface area contributed by atoms with E-state index < -0.39 is 0 Å². The molecule has 3 unspecified atom stereocenters. The Labute approximate surface area is 127 Å². The molecule has 2 aliphatic heterocycles. The van der Waals surface area contributed by atoms with Gasteiger partial charge in [0, 0.05) is 37.0 Å². The van der Waals surface area contributed by atoms with Gasteiger partial charge in [-0.3, -0.25) is 4.90 Å². The Morgan fingerprint density at radius 2 is 2.15 bits per heavy atom. The molecule has 0 saturated carbocycles. The summed E-state index contributed by atoms with van der Waals surface area (Å²) >= 11 is 2.13. The lowest BCUT2D eigenvalue weighted by atomic mass is 9.98. The van der Waals surface area contributed by atoms with Crippen LogP contribution in [0.3, 0.4) is 0 Å². The highest BCUT2D eigenvalue weighted by molar-refractivity contribution is 7.99. The molecule has 1 aromatic carbocycles. The summed E-state index contributed by atoms with van der Waals surface area (Å²) in [5.74, 6) is 2.70. The molecule has 0 amide bonds. The third-order valence-electron chi connectivity index (χ3n) is 4.71. The molecule has 0 radical (unpaired) electrons. The van der Waals surface area contributed by atoms with Crippen LogP contribution >= 0.6 is 11.8 Å². The van der Waals surface area contributed by atoms with Gasteiger partial charge >= 0.3 is 0 Å². The number of rotatable bonds is 4. The number of nitrogens with zero attached hydrogens (tertiary/aromatic N) is 1. The summed E-state index contributed by atoms with van der Waals surface area (Å²) < 4.78 is 0. The first-order chi connectivity index (χ1) is 9.86. The molecule has 2 aliphatic rings. The standard InChI is InChI=1S/C17H26N2S/c1-2-16-11-18-15(10-14-6-4-3-5-7-14)12-19(16)17-8-9-20-13-17/h3-7,15-18H,2,8-13H2,1H3. The SMILES string of the molecule is CCC1CNC(Cc2ccccc2)CN1C1CCSC1. The van der Waals surface area contributed by atoms with E-state index in [-0.39, 0.29) is 0 Å². The molecule has 0 aliphatic carbocycles. The van der Waals surface area contributed by atoms with Gasteiger partial charge < -0.3 is 5.32 Å². The maximum absolute atomic E-state index is 3.77. The monoisotopic (exact) mass is 290 g/mol. The van der Waals surface area contributed by atoms with Gasteiger partial charge in [0.15, 0.2) is 0 Å². The van der Waals surface area contributed by atoms with Crippen molar-refractivity contribution in [2.24, 2.45) is 0 Å². The van der Waals surface area contributed by atoms with Crippen LogP contribution in [0.15, 0.2) is 30.3 Å². The Hall–Kier alpha value is -0.510. The summed E-state index contributed by atoms with van der Waals surface area (Å²) in [7, 11) is 0. The first-order valence-corrected chi connectivity index (χ1v) is 9.13. The van der Waals surface area contributed by atoms with E-state index in [0.29, 0.717) is 6.04 Å². The van der Waals surface area contributed by atoms with Crippen LogP contribution < -0.4 is 5.32 Å². The number of hydrogen-bond donors (Lipinski definition) is 1. The third kappa shape index (κ3) is 3.38. The average Bonchev–Trinajstić information content (AvgIpc) is 3.02. The molecule has 1 aromatic rings. The van der Waals surface area contributed by atoms with Gasteiger partial charge in [0.05, 0.1) is 0 Å². The molecule has 2 nitrogen and oxygen atoms in total. The highest BCUT2D eigenvalue weighted by Gasteiger charge is 2.33. The van der Waals surface area contributed by atoms with E-state index in [9.17, 15) is 0 Å². The Morgan fingerprint density at radius 3 is 2.85 bits per heavy atom. The Balaban J connectivity index is 1.63. The zero-order chi connectivity index (χ0) is 13.8. The van der Waals surface area contributed by atoms with Gasteiger partial charge in [-0.25, -0.2) is 0 Å². The van der Waals surface area contributed by atoms with Crippen LogP contribution in [0, 0.1) is 0 Å². The minimum Gasteiger partial charge on any atom is -0.311 e. The lowest BCUT2D eigenvalue weighted by Gasteiger charge is -2.43. The van der Waals surface area contributed by atoms with E-state index >= 15 is 0 Å². The number of nitrogens with one attached hydrogen (secondary N) is 1. The lowest BCUT2D eigenvalue weighted by molar-refractivity contribution is 0.0892. The quantitative estimate of drug-likeness (QED) is 0.918. The molecule has 3 atom stereocenters. The van der Waals surface area contributed by atoms with Crippen molar-refractivity contribution < 1.29 is 0 Å². The van der Waals surface area contributed by atoms with Crippen LogP contribution in [0.25, 0.3) is 0 Å². The second kappa shape index (κ2) is 6.97. The van der Waals surface area contributed by atoms with Crippen molar-refractivity contribution in [3.8, 4) is 0 Å². The maximum atomic E-state index is 3.77. The highest BCUT2D eigenvalue weighted by atomic mass is 32.2. The predicted octanol–water partition coefficient (Wildman–Crippen LogP) is 2.79. The van der Waals surface area contributed by atoms with Gasteiger partial charge in [-0.2, -0.15) is 11.8 Å². The average molecular weight is 290 g/mol. The summed E-state index contributed by atoms with van der Waals surface area (Å²) in [6, 6.07) is 13.1. The minimum absolute atomic E-state index is 0.616. The van der Waals surface area contributed by atoms with Crippen LogP contribution in [0.1, 0.15) is 25.3 Å². The molecule has 2 heterocycles. The molecule has 1 N–H and O–H groups in total. The fourth-order valence-corrected chi connectivity index (χ4v) is 4.77. The van der Waals surface area contributed by atoms with E-state index in [2.05, 4.69) is 59.2 Å². The summed E-state index contributed by atoms with van der Waals surface area (Å²) in [6.07, 6.45) is 3.82. The van der Waals surface area contributed by atoms with Gasteiger partial charge in [-0.1, -0.05) is 37.3 Å². The molecular weight excluding hydrogens is 264 g/mol. The highest BCUT2D eigenvalue weighted by Crippen LogP contribution is 2.26. The van der Waals surface area contributed by atoms with Gasteiger partial charge in [0.25, 0.3) is 0 Å². The van der Waals surface area contributed by atoms with Crippen molar-refractivity contribution in [2.75, 3.05) is 24.6 Å². The molecule has 110 valence electrons. The molecule has 0 spiro atoms. The Kier molecular flexibility index (Phi) is 5.03. The summed E-state index contributed by atoms with van der Waals surface area (Å²) in [5, 5.41) is 3.77. The van der Waals surface area contributed by atoms with E-state index in [1.807, 2.05) is 0 Å². The molecule has 3 heteroatoms. The fourth-order valence-electron chi connectivity index (χ4n) is 3.53. The first kappa shape index (κ1) is 14.4. The topological polar surface area (TPSA) is 15.3 Å². The normalized spacial score (nSPS) is 31.6. The molecule has 2 saturated heterocycles. The molecule has 0 bridgehead atoms. The van der Waals surface area contributed by atoms with Crippen molar-refractivity contribution in [1.82, 2.24) is 10.2 Å². The van der Waals surface area contributed by atoms with Crippen molar-refractivity contribution in [3.05, 3.63) is 35.9 Å². The number of piperazine rings is 1. The summed E-state index contributed by atoms with van der Waals surface area (Å²) in [6.45, 7) is 4.72. The van der Waals surface area contributed by atoms with Crippen LogP contribution in [0.2, 0.25) is 0 Å². The van der Waals surface area contributed by atoms with Crippen LogP contribution in [0.5, 0.6) is 0 Å². The van der Waals surface area contributed by atoms with Crippen molar-refractivity contribution in [3.63, 3.8) is 0 Å². The molecule has 3 rings (SSSR count). The zero-order valence-corrected chi connectivity index (χ0v) is 13.2. The van der Waals surface area contributed by atoms with E-state index in [1.54, 1.807) is 0 Å². The first-order valence-electron chi connectivity index (χ1n) is 7.97. The molecule has 2 fully saturated rings. The minimum atomic E-state index is 0.616. The number of thioether (sulfide) groups is 1. The fraction of sp³-hybridized carbons (Fsp3) is 0.647. The van der Waals surface area contributed by atoms with Crippen molar-refractivity contribution >= 4 is 11.8 Å². The van der Waals surface area contributed by atoms with Gasteiger partial charge in [0.1, 0.15) is 0 Å². The van der Waals surface area contributed by atoms with Crippen molar-refractivity contribution in [2.45, 2.75) is 44.3 Å².